The molecule has 1 aliphatic rings. The van der Waals surface area contributed by atoms with E-state index in [4.69, 9.17) is 4.42 Å². The third-order valence-corrected chi connectivity index (χ3v) is 5.14. The van der Waals surface area contributed by atoms with Gasteiger partial charge in [0.25, 0.3) is 11.6 Å². The SMILES string of the molecule is Cc1c(CN2C(=O)NC(C)(c3cc4ccccc4o3)C2=O)cccc1[N+](=O)[O-]. The van der Waals surface area contributed by atoms with Crippen LogP contribution in [0.1, 0.15) is 23.8 Å². The second-order valence-electron chi connectivity index (χ2n) is 6.91. The van der Waals surface area contributed by atoms with Crippen molar-refractivity contribution >= 4 is 28.6 Å². The molecule has 28 heavy (non-hydrogen) atoms. The highest BCUT2D eigenvalue weighted by molar-refractivity contribution is 6.07. The number of carbonyl (C=O) groups is 2. The summed E-state index contributed by atoms with van der Waals surface area (Å²) in [4.78, 5) is 37.4. The van der Waals surface area contributed by atoms with E-state index in [0.29, 0.717) is 22.5 Å². The van der Waals surface area contributed by atoms with Crippen LogP contribution < -0.4 is 5.32 Å². The number of nitro groups is 1. The van der Waals surface area contributed by atoms with Crippen molar-refractivity contribution < 1.29 is 18.9 Å². The monoisotopic (exact) mass is 379 g/mol. The minimum atomic E-state index is -1.34. The molecular weight excluding hydrogens is 362 g/mol. The Morgan fingerprint density at radius 3 is 2.64 bits per heavy atom. The first-order valence-corrected chi connectivity index (χ1v) is 8.67. The largest absolute Gasteiger partial charge is 0.458 e. The smallest absolute Gasteiger partial charge is 0.325 e. The van der Waals surface area contributed by atoms with Gasteiger partial charge in [-0.1, -0.05) is 30.3 Å². The van der Waals surface area contributed by atoms with Crippen molar-refractivity contribution in [3.8, 4) is 0 Å². The Balaban J connectivity index is 1.68. The molecule has 8 heteroatoms. The maximum atomic E-state index is 13.1. The first-order chi connectivity index (χ1) is 13.3. The Bertz CT molecular complexity index is 1100. The quantitative estimate of drug-likeness (QED) is 0.423. The molecule has 3 amide bonds. The van der Waals surface area contributed by atoms with Gasteiger partial charge >= 0.3 is 6.03 Å². The van der Waals surface area contributed by atoms with Crippen molar-refractivity contribution in [1.82, 2.24) is 10.2 Å². The number of benzene rings is 2. The molecule has 1 aliphatic heterocycles. The van der Waals surface area contributed by atoms with E-state index in [1.165, 1.54) is 12.1 Å². The van der Waals surface area contributed by atoms with Crippen LogP contribution in [0.15, 0.2) is 52.9 Å². The van der Waals surface area contributed by atoms with Gasteiger partial charge in [0.1, 0.15) is 11.3 Å². The number of hydrogen-bond donors (Lipinski definition) is 1. The number of imide groups is 1. The van der Waals surface area contributed by atoms with Gasteiger partial charge in [-0.05, 0) is 31.5 Å². The summed E-state index contributed by atoms with van der Waals surface area (Å²) >= 11 is 0. The third-order valence-electron chi connectivity index (χ3n) is 5.14. The maximum Gasteiger partial charge on any atom is 0.325 e. The fraction of sp³-hybridized carbons (Fsp3) is 0.200. The lowest BCUT2D eigenvalue weighted by molar-refractivity contribution is -0.385. The van der Waals surface area contributed by atoms with Crippen LogP contribution in [-0.2, 0) is 16.9 Å². The van der Waals surface area contributed by atoms with E-state index in [2.05, 4.69) is 5.32 Å². The minimum absolute atomic E-state index is 0.0513. The lowest BCUT2D eigenvalue weighted by Crippen LogP contribution is -2.40. The summed E-state index contributed by atoms with van der Waals surface area (Å²) in [5, 5.41) is 14.7. The molecular formula is C20H17N3O5. The van der Waals surface area contributed by atoms with Gasteiger partial charge < -0.3 is 9.73 Å². The number of hydrogen-bond acceptors (Lipinski definition) is 5. The van der Waals surface area contributed by atoms with E-state index in [9.17, 15) is 19.7 Å². The summed E-state index contributed by atoms with van der Waals surface area (Å²) in [5.41, 5.74) is 0.181. The zero-order chi connectivity index (χ0) is 20.1. The number of fused-ring (bicyclic) bond motifs is 1. The first-order valence-electron chi connectivity index (χ1n) is 8.67. The molecule has 3 aromatic rings. The van der Waals surface area contributed by atoms with Crippen LogP contribution in [0.4, 0.5) is 10.5 Å². The maximum absolute atomic E-state index is 13.1. The van der Waals surface area contributed by atoms with Gasteiger partial charge in [0.15, 0.2) is 5.54 Å². The Kier molecular flexibility index (Phi) is 3.92. The molecule has 0 saturated carbocycles. The lowest BCUT2D eigenvalue weighted by Gasteiger charge is -2.19. The summed E-state index contributed by atoms with van der Waals surface area (Å²) < 4.78 is 5.80. The molecule has 2 aromatic carbocycles. The summed E-state index contributed by atoms with van der Waals surface area (Å²) in [7, 11) is 0. The molecule has 4 rings (SSSR count). The summed E-state index contributed by atoms with van der Waals surface area (Å²) in [6, 6.07) is 13.1. The number of para-hydroxylation sites is 1. The fourth-order valence-corrected chi connectivity index (χ4v) is 3.45. The van der Waals surface area contributed by atoms with E-state index < -0.39 is 22.4 Å². The second kappa shape index (κ2) is 6.19. The molecule has 2 heterocycles. The predicted octanol–water partition coefficient (Wildman–Crippen LogP) is 3.62. The van der Waals surface area contributed by atoms with Gasteiger partial charge in [0.05, 0.1) is 11.5 Å². The molecule has 0 bridgehead atoms. The highest BCUT2D eigenvalue weighted by Gasteiger charge is 2.51. The van der Waals surface area contributed by atoms with E-state index in [1.54, 1.807) is 32.0 Å². The van der Waals surface area contributed by atoms with Crippen molar-refractivity contribution in [3.05, 3.63) is 75.5 Å². The minimum Gasteiger partial charge on any atom is -0.458 e. The molecule has 0 radical (unpaired) electrons. The van der Waals surface area contributed by atoms with E-state index in [0.717, 1.165) is 10.3 Å². The highest BCUT2D eigenvalue weighted by Crippen LogP contribution is 2.34. The number of nitrogens with one attached hydrogen (secondary N) is 1. The number of nitro benzene ring substituents is 1. The van der Waals surface area contributed by atoms with Crippen LogP contribution in [-0.4, -0.2) is 21.8 Å². The number of amides is 3. The van der Waals surface area contributed by atoms with Crippen LogP contribution in [0.3, 0.4) is 0 Å². The molecule has 1 saturated heterocycles. The molecule has 1 N–H and O–H groups in total. The second-order valence-corrected chi connectivity index (χ2v) is 6.91. The molecule has 0 aliphatic carbocycles. The Morgan fingerprint density at radius 1 is 1.18 bits per heavy atom. The van der Waals surface area contributed by atoms with Gasteiger partial charge in [-0.2, -0.15) is 0 Å². The average molecular weight is 379 g/mol. The van der Waals surface area contributed by atoms with E-state index in [1.807, 2.05) is 18.2 Å². The molecule has 1 fully saturated rings. The van der Waals surface area contributed by atoms with Crippen LogP contribution in [0.25, 0.3) is 11.0 Å². The summed E-state index contributed by atoms with van der Waals surface area (Å²) in [6.45, 7) is 3.13. The summed E-state index contributed by atoms with van der Waals surface area (Å²) in [6.07, 6.45) is 0. The number of furan rings is 1. The van der Waals surface area contributed by atoms with Gasteiger partial charge in [0, 0.05) is 17.0 Å². The third kappa shape index (κ3) is 2.61. The predicted molar refractivity (Wildman–Crippen MR) is 100 cm³/mol. The highest BCUT2D eigenvalue weighted by atomic mass is 16.6. The molecule has 1 aromatic heterocycles. The topological polar surface area (TPSA) is 106 Å². The van der Waals surface area contributed by atoms with Gasteiger partial charge in [-0.25, -0.2) is 4.79 Å². The van der Waals surface area contributed by atoms with Crippen LogP contribution in [0.2, 0.25) is 0 Å². The van der Waals surface area contributed by atoms with E-state index in [-0.39, 0.29) is 12.2 Å². The van der Waals surface area contributed by atoms with Crippen molar-refractivity contribution in [2.24, 2.45) is 0 Å². The van der Waals surface area contributed by atoms with Crippen molar-refractivity contribution in [1.29, 1.82) is 0 Å². The van der Waals surface area contributed by atoms with Crippen LogP contribution in [0.5, 0.6) is 0 Å². The normalized spacial score (nSPS) is 19.3. The van der Waals surface area contributed by atoms with E-state index >= 15 is 0 Å². The molecule has 1 unspecified atom stereocenters. The average Bonchev–Trinajstić information content (AvgIpc) is 3.19. The molecule has 142 valence electrons. The number of urea groups is 1. The van der Waals surface area contributed by atoms with Crippen LogP contribution in [0, 0.1) is 17.0 Å². The van der Waals surface area contributed by atoms with Crippen molar-refractivity contribution in [2.45, 2.75) is 25.9 Å². The van der Waals surface area contributed by atoms with Gasteiger partial charge in [0.2, 0.25) is 0 Å². The Labute approximate surface area is 159 Å². The zero-order valence-electron chi connectivity index (χ0n) is 15.3. The summed E-state index contributed by atoms with van der Waals surface area (Å²) in [5.74, 6) is -0.132. The number of nitrogens with zero attached hydrogens (tertiary/aromatic N) is 2. The molecule has 1 atom stereocenters. The zero-order valence-corrected chi connectivity index (χ0v) is 15.3. The van der Waals surface area contributed by atoms with Crippen molar-refractivity contribution in [2.75, 3.05) is 0 Å². The standard InChI is InChI=1S/C20H17N3O5/c1-12-14(7-5-8-15(12)23(26)27)11-22-18(24)20(2,21-19(22)25)17-10-13-6-3-4-9-16(13)28-17/h3-10H,11H2,1-2H3,(H,21,25). The Morgan fingerprint density at radius 2 is 1.93 bits per heavy atom. The number of rotatable bonds is 4. The van der Waals surface area contributed by atoms with Gasteiger partial charge in [-0.15, -0.1) is 0 Å². The molecule has 0 spiro atoms. The van der Waals surface area contributed by atoms with Crippen molar-refractivity contribution in [3.63, 3.8) is 0 Å². The number of carbonyl (C=O) groups excluding carboxylic acids is 2. The van der Waals surface area contributed by atoms with Crippen LogP contribution >= 0.6 is 0 Å². The van der Waals surface area contributed by atoms with Gasteiger partial charge in [-0.3, -0.25) is 19.8 Å². The molecule has 8 nitrogen and oxygen atoms in total. The first kappa shape index (κ1) is 17.7. The fourth-order valence-electron chi connectivity index (χ4n) is 3.45. The lowest BCUT2D eigenvalue weighted by atomic mass is 9.98. The Hall–Kier alpha value is -3.68.